The lowest BCUT2D eigenvalue weighted by Crippen LogP contribution is -2.19. The first-order chi connectivity index (χ1) is 19.3. The third-order valence-corrected chi connectivity index (χ3v) is 6.51. The second kappa shape index (κ2) is 9.92. The van der Waals surface area contributed by atoms with Crippen molar-refractivity contribution in [2.45, 2.75) is 27.2 Å². The molecule has 0 aliphatic carbocycles. The largest absolute Gasteiger partial charge is 0.497 e. The summed E-state index contributed by atoms with van der Waals surface area (Å²) in [4.78, 5) is 30.3. The standard InChI is InChI=1S/C31H29N7O2/c1-31(2,3)17-25(39)33-20-9-5-7-18(15-20)22-11-12-24-28(34-22)29(38-37-24)30-35-23-13-14-32-26(27(23)36-30)19-8-6-10-21(16-19)40-4/h5-16H,17H2,1-4H3,(H,33,39)(H,35,36)(H,37,38). The van der Waals surface area contributed by atoms with Crippen LogP contribution in [0.25, 0.3) is 56.1 Å². The zero-order chi connectivity index (χ0) is 27.9. The van der Waals surface area contributed by atoms with Gasteiger partial charge in [-0.25, -0.2) is 9.97 Å². The minimum atomic E-state index is -0.0899. The summed E-state index contributed by atoms with van der Waals surface area (Å²) in [5.41, 5.74) is 7.61. The molecule has 6 aromatic rings. The van der Waals surface area contributed by atoms with Crippen LogP contribution in [0.1, 0.15) is 27.2 Å². The molecule has 40 heavy (non-hydrogen) atoms. The van der Waals surface area contributed by atoms with Crippen molar-refractivity contribution < 1.29 is 9.53 Å². The van der Waals surface area contributed by atoms with Crippen molar-refractivity contribution in [2.24, 2.45) is 5.41 Å². The van der Waals surface area contributed by atoms with E-state index in [1.54, 1.807) is 13.3 Å². The summed E-state index contributed by atoms with van der Waals surface area (Å²) in [5.74, 6) is 1.32. The summed E-state index contributed by atoms with van der Waals surface area (Å²) in [7, 11) is 1.64. The van der Waals surface area contributed by atoms with Crippen LogP contribution in [0.3, 0.4) is 0 Å². The predicted octanol–water partition coefficient (Wildman–Crippen LogP) is 6.61. The fourth-order valence-electron chi connectivity index (χ4n) is 4.70. The lowest BCUT2D eigenvalue weighted by Gasteiger charge is -2.17. The normalized spacial score (nSPS) is 11.7. The van der Waals surface area contributed by atoms with Gasteiger partial charge in [-0.05, 0) is 47.9 Å². The van der Waals surface area contributed by atoms with E-state index in [2.05, 4.69) is 25.5 Å². The number of nitrogens with one attached hydrogen (secondary N) is 3. The van der Waals surface area contributed by atoms with Gasteiger partial charge in [0.25, 0.3) is 0 Å². The van der Waals surface area contributed by atoms with Crippen LogP contribution in [-0.4, -0.2) is 43.2 Å². The van der Waals surface area contributed by atoms with Crippen LogP contribution >= 0.6 is 0 Å². The number of nitrogens with zero attached hydrogens (tertiary/aromatic N) is 4. The molecule has 0 atom stereocenters. The Morgan fingerprint density at radius 1 is 0.900 bits per heavy atom. The highest BCUT2D eigenvalue weighted by Crippen LogP contribution is 2.32. The highest BCUT2D eigenvalue weighted by Gasteiger charge is 2.19. The number of fused-ring (bicyclic) bond motifs is 2. The molecular formula is C31H29N7O2. The van der Waals surface area contributed by atoms with Crippen molar-refractivity contribution in [2.75, 3.05) is 12.4 Å². The Kier molecular flexibility index (Phi) is 6.26. The topological polar surface area (TPSA) is 121 Å². The smallest absolute Gasteiger partial charge is 0.224 e. The summed E-state index contributed by atoms with van der Waals surface area (Å²) in [5, 5.41) is 10.6. The maximum atomic E-state index is 12.5. The number of rotatable bonds is 6. The molecule has 0 radical (unpaired) electrons. The van der Waals surface area contributed by atoms with Gasteiger partial charge in [-0.1, -0.05) is 45.0 Å². The van der Waals surface area contributed by atoms with Crippen LogP contribution in [0, 0.1) is 5.41 Å². The summed E-state index contributed by atoms with van der Waals surface area (Å²) >= 11 is 0. The van der Waals surface area contributed by atoms with Gasteiger partial charge in [0.05, 0.1) is 29.5 Å². The maximum absolute atomic E-state index is 12.5. The Hall–Kier alpha value is -5.05. The van der Waals surface area contributed by atoms with Crippen molar-refractivity contribution in [1.82, 2.24) is 30.1 Å². The van der Waals surface area contributed by atoms with Gasteiger partial charge in [0.2, 0.25) is 5.91 Å². The quantitative estimate of drug-likeness (QED) is 0.222. The number of methoxy groups -OCH3 is 1. The zero-order valence-electron chi connectivity index (χ0n) is 22.7. The Labute approximate surface area is 231 Å². The molecule has 3 N–H and O–H groups in total. The number of pyridine rings is 2. The Balaban J connectivity index is 1.36. The highest BCUT2D eigenvalue weighted by atomic mass is 16.5. The average molecular weight is 532 g/mol. The molecule has 0 saturated carbocycles. The van der Waals surface area contributed by atoms with Crippen LogP contribution in [0.4, 0.5) is 5.69 Å². The molecule has 0 bridgehead atoms. The third-order valence-electron chi connectivity index (χ3n) is 6.51. The predicted molar refractivity (Wildman–Crippen MR) is 157 cm³/mol. The summed E-state index contributed by atoms with van der Waals surface area (Å²) < 4.78 is 5.39. The second-order valence-corrected chi connectivity index (χ2v) is 10.9. The summed E-state index contributed by atoms with van der Waals surface area (Å²) in [6, 6.07) is 21.2. The first-order valence-corrected chi connectivity index (χ1v) is 13.0. The molecule has 200 valence electrons. The van der Waals surface area contributed by atoms with Gasteiger partial charge < -0.3 is 15.0 Å². The van der Waals surface area contributed by atoms with E-state index in [1.807, 2.05) is 87.5 Å². The number of benzene rings is 2. The first kappa shape index (κ1) is 25.2. The Morgan fingerprint density at radius 3 is 2.52 bits per heavy atom. The van der Waals surface area contributed by atoms with Gasteiger partial charge in [-0.3, -0.25) is 14.9 Å². The molecule has 1 amide bonds. The van der Waals surface area contributed by atoms with Crippen molar-refractivity contribution in [3.05, 3.63) is 72.9 Å². The van der Waals surface area contributed by atoms with Crippen LogP contribution in [0.2, 0.25) is 0 Å². The molecule has 0 unspecified atom stereocenters. The third kappa shape index (κ3) is 5.01. The first-order valence-electron chi connectivity index (χ1n) is 13.0. The van der Waals surface area contributed by atoms with Gasteiger partial charge in [-0.15, -0.1) is 0 Å². The Morgan fingerprint density at radius 2 is 1.70 bits per heavy atom. The minimum Gasteiger partial charge on any atom is -0.497 e. The Bertz CT molecular complexity index is 1860. The number of anilines is 1. The average Bonchev–Trinajstić information content (AvgIpc) is 3.55. The van der Waals surface area contributed by atoms with Gasteiger partial charge in [0, 0.05) is 29.4 Å². The number of carbonyl (C=O) groups excluding carboxylic acids is 1. The van der Waals surface area contributed by atoms with Crippen LogP contribution in [0.15, 0.2) is 72.9 Å². The molecule has 0 saturated heterocycles. The van der Waals surface area contributed by atoms with E-state index in [0.717, 1.165) is 50.5 Å². The number of amides is 1. The van der Waals surface area contributed by atoms with E-state index in [4.69, 9.17) is 14.7 Å². The van der Waals surface area contributed by atoms with Crippen molar-refractivity contribution in [3.8, 4) is 39.8 Å². The van der Waals surface area contributed by atoms with Crippen molar-refractivity contribution >= 4 is 33.7 Å². The van der Waals surface area contributed by atoms with Gasteiger partial charge >= 0.3 is 0 Å². The molecule has 9 heteroatoms. The number of ether oxygens (including phenoxy) is 1. The zero-order valence-corrected chi connectivity index (χ0v) is 22.7. The van der Waals surface area contributed by atoms with Crippen LogP contribution in [0.5, 0.6) is 5.75 Å². The molecule has 2 aromatic carbocycles. The highest BCUT2D eigenvalue weighted by molar-refractivity contribution is 5.95. The van der Waals surface area contributed by atoms with Gasteiger partial charge in [0.15, 0.2) is 11.5 Å². The molecule has 0 fully saturated rings. The number of hydrogen-bond acceptors (Lipinski definition) is 6. The number of aromatic nitrogens is 6. The fourth-order valence-corrected chi connectivity index (χ4v) is 4.70. The van der Waals surface area contributed by atoms with Crippen LogP contribution in [-0.2, 0) is 4.79 Å². The molecule has 0 spiro atoms. The minimum absolute atomic E-state index is 0.0159. The van der Waals surface area contributed by atoms with E-state index >= 15 is 0 Å². The van der Waals surface area contributed by atoms with E-state index in [-0.39, 0.29) is 11.3 Å². The number of carbonyl (C=O) groups is 1. The molecule has 9 nitrogen and oxygen atoms in total. The van der Waals surface area contributed by atoms with Gasteiger partial charge in [-0.2, -0.15) is 5.10 Å². The lowest BCUT2D eigenvalue weighted by molar-refractivity contribution is -0.117. The summed E-state index contributed by atoms with van der Waals surface area (Å²) in [6.45, 7) is 6.13. The molecular weight excluding hydrogens is 502 g/mol. The van der Waals surface area contributed by atoms with Gasteiger partial charge in [0.1, 0.15) is 16.8 Å². The van der Waals surface area contributed by atoms with E-state index in [0.29, 0.717) is 23.5 Å². The maximum Gasteiger partial charge on any atom is 0.224 e. The van der Waals surface area contributed by atoms with Crippen molar-refractivity contribution in [3.63, 3.8) is 0 Å². The molecule has 4 heterocycles. The number of hydrogen-bond donors (Lipinski definition) is 3. The van der Waals surface area contributed by atoms with E-state index < -0.39 is 0 Å². The van der Waals surface area contributed by atoms with E-state index in [9.17, 15) is 4.79 Å². The summed E-state index contributed by atoms with van der Waals surface area (Å²) in [6.07, 6.45) is 2.19. The lowest BCUT2D eigenvalue weighted by atomic mass is 9.92. The molecule has 0 aliphatic rings. The SMILES string of the molecule is COc1cccc(-c2nccc3[nH]c(-c4n[nH]c5ccc(-c6cccc(NC(=O)CC(C)(C)C)c6)nc45)nc23)c1. The molecule has 4 aromatic heterocycles. The molecule has 0 aliphatic heterocycles. The fraction of sp³-hybridized carbons (Fsp3) is 0.194. The second-order valence-electron chi connectivity index (χ2n) is 10.9. The number of aromatic amines is 2. The number of imidazole rings is 1. The van der Waals surface area contributed by atoms with E-state index in [1.165, 1.54) is 0 Å². The number of H-pyrrole nitrogens is 2. The van der Waals surface area contributed by atoms with Crippen LogP contribution < -0.4 is 10.1 Å². The monoisotopic (exact) mass is 531 g/mol. The molecule has 6 rings (SSSR count). The van der Waals surface area contributed by atoms with Crippen molar-refractivity contribution in [1.29, 1.82) is 0 Å².